The molecule has 7 heteroatoms. The summed E-state index contributed by atoms with van der Waals surface area (Å²) in [6.45, 7) is 0. The van der Waals surface area contributed by atoms with Crippen LogP contribution in [0.4, 0.5) is 0 Å². The number of hydrogen-bond acceptors (Lipinski definition) is 1. The molecule has 1 rings (SSSR count). The molecule has 0 radical (unpaired) electrons. The lowest BCUT2D eigenvalue weighted by molar-refractivity contribution is 1.14. The number of hydrogen-bond donors (Lipinski definition) is 0. The largest absolute Gasteiger partial charge is 0.217 e. The molecule has 1 aromatic carbocycles. The van der Waals surface area contributed by atoms with Crippen molar-refractivity contribution in [3.63, 3.8) is 0 Å². The van der Waals surface area contributed by atoms with Gasteiger partial charge in [0.05, 0.1) is 5.56 Å². The highest BCUT2D eigenvalue weighted by molar-refractivity contribution is 6.68. The molecule has 0 heterocycles. The Bertz CT molecular complexity index is 405. The second-order valence-corrected chi connectivity index (χ2v) is 7.40. The van der Waals surface area contributed by atoms with E-state index in [1.54, 1.807) is 6.07 Å². The van der Waals surface area contributed by atoms with E-state index in [9.17, 15) is 0 Å². The van der Waals surface area contributed by atoms with Crippen molar-refractivity contribution in [2.24, 2.45) is 0 Å². The van der Waals surface area contributed by atoms with Gasteiger partial charge in [0.15, 0.2) is 0 Å². The molecular weight excluding hydrogens is 335 g/mol. The summed E-state index contributed by atoms with van der Waals surface area (Å²) in [6.07, 6.45) is 0. The minimum Gasteiger partial charge on any atom is -0.192 e. The Morgan fingerprint density at radius 3 is 1.50 bits per heavy atom. The summed E-state index contributed by atoms with van der Waals surface area (Å²) in [5.41, 5.74) is 0.426. The Kier molecular flexibility index (Phi) is 4.52. The number of alkyl halides is 6. The molecular formula is C9H3Cl6N. The zero-order valence-corrected chi connectivity index (χ0v) is 12.0. The Hall–Kier alpha value is 0.450. The van der Waals surface area contributed by atoms with Gasteiger partial charge in [0.2, 0.25) is 7.59 Å². The third-order valence-electron chi connectivity index (χ3n) is 1.79. The third kappa shape index (κ3) is 3.23. The van der Waals surface area contributed by atoms with Gasteiger partial charge in [-0.3, -0.25) is 0 Å². The van der Waals surface area contributed by atoms with Crippen LogP contribution in [0.5, 0.6) is 0 Å². The fourth-order valence-electron chi connectivity index (χ4n) is 1.15. The third-order valence-corrected chi connectivity index (χ3v) is 3.01. The maximum Gasteiger partial charge on any atom is 0.217 e. The maximum absolute atomic E-state index is 9.02. The lowest BCUT2D eigenvalue weighted by atomic mass is 10.0. The number of benzene rings is 1. The molecule has 0 amide bonds. The van der Waals surface area contributed by atoms with E-state index < -0.39 is 7.59 Å². The van der Waals surface area contributed by atoms with Crippen molar-refractivity contribution >= 4 is 69.6 Å². The molecule has 0 fully saturated rings. The van der Waals surface area contributed by atoms with Crippen LogP contribution in [0.2, 0.25) is 0 Å². The van der Waals surface area contributed by atoms with Crippen LogP contribution in [0, 0.1) is 11.3 Å². The van der Waals surface area contributed by atoms with Crippen LogP contribution < -0.4 is 0 Å². The van der Waals surface area contributed by atoms with Crippen molar-refractivity contribution in [3.8, 4) is 6.07 Å². The van der Waals surface area contributed by atoms with Gasteiger partial charge in [-0.1, -0.05) is 87.8 Å². The Balaban J connectivity index is 3.53. The summed E-state index contributed by atoms with van der Waals surface area (Å²) in [5.74, 6) is 0. The zero-order valence-electron chi connectivity index (χ0n) is 7.45. The predicted molar refractivity (Wildman–Crippen MR) is 69.6 cm³/mol. The molecule has 16 heavy (non-hydrogen) atoms. The highest BCUT2D eigenvalue weighted by Gasteiger charge is 2.33. The molecule has 0 N–H and O–H groups in total. The van der Waals surface area contributed by atoms with E-state index in [1.807, 2.05) is 6.07 Å². The van der Waals surface area contributed by atoms with Gasteiger partial charge in [-0.05, 0) is 0 Å². The SMILES string of the molecule is N#Cc1c(C(Cl)(Cl)Cl)cccc1C(Cl)(Cl)Cl. The van der Waals surface area contributed by atoms with Crippen LogP contribution in [0.3, 0.4) is 0 Å². The predicted octanol–water partition coefficient (Wildman–Crippen LogP) is 5.21. The molecule has 0 aliphatic rings. The number of halogens is 6. The van der Waals surface area contributed by atoms with Gasteiger partial charge in [0.1, 0.15) is 6.07 Å². The molecule has 0 saturated carbocycles. The van der Waals surface area contributed by atoms with Gasteiger partial charge in [-0.25, -0.2) is 0 Å². The lowest BCUT2D eigenvalue weighted by Gasteiger charge is -2.19. The van der Waals surface area contributed by atoms with E-state index >= 15 is 0 Å². The Labute approximate surface area is 123 Å². The first-order chi connectivity index (χ1) is 7.18. The number of nitriles is 1. The highest BCUT2D eigenvalue weighted by Crippen LogP contribution is 2.45. The second kappa shape index (κ2) is 4.98. The second-order valence-electron chi connectivity index (χ2n) is 2.84. The topological polar surface area (TPSA) is 23.8 Å². The molecule has 0 aliphatic carbocycles. The van der Waals surface area contributed by atoms with E-state index in [-0.39, 0.29) is 16.7 Å². The van der Waals surface area contributed by atoms with Crippen LogP contribution in [0.1, 0.15) is 16.7 Å². The standard InChI is InChI=1S/C9H3Cl6N/c10-8(11,12)6-2-1-3-7(5(6)4-16)9(13,14)15/h1-3H. The van der Waals surface area contributed by atoms with E-state index in [0.717, 1.165) is 0 Å². The molecule has 0 aromatic heterocycles. The van der Waals surface area contributed by atoms with E-state index in [2.05, 4.69) is 0 Å². The summed E-state index contributed by atoms with van der Waals surface area (Å²) in [4.78, 5) is 0. The molecule has 0 saturated heterocycles. The first kappa shape index (κ1) is 14.5. The van der Waals surface area contributed by atoms with Crippen molar-refractivity contribution in [1.29, 1.82) is 5.26 Å². The highest BCUT2D eigenvalue weighted by atomic mass is 35.6. The van der Waals surface area contributed by atoms with E-state index in [4.69, 9.17) is 74.9 Å². The van der Waals surface area contributed by atoms with Crippen LogP contribution >= 0.6 is 69.6 Å². The van der Waals surface area contributed by atoms with Crippen molar-refractivity contribution in [1.82, 2.24) is 0 Å². The normalized spacial score (nSPS) is 12.3. The monoisotopic (exact) mass is 335 g/mol. The van der Waals surface area contributed by atoms with Crippen LogP contribution in [-0.4, -0.2) is 0 Å². The van der Waals surface area contributed by atoms with Crippen LogP contribution in [-0.2, 0) is 7.59 Å². The summed E-state index contributed by atoms with van der Waals surface area (Å²) in [7, 11) is 0. The quantitative estimate of drug-likeness (QED) is 0.596. The van der Waals surface area contributed by atoms with Gasteiger partial charge in [-0.15, -0.1) is 0 Å². The number of nitrogens with zero attached hydrogens (tertiary/aromatic N) is 1. The average Bonchev–Trinajstić information content (AvgIpc) is 2.13. The summed E-state index contributed by atoms with van der Waals surface area (Å²) >= 11 is 34.3. The summed E-state index contributed by atoms with van der Waals surface area (Å²) in [5, 5.41) is 9.02. The smallest absolute Gasteiger partial charge is 0.192 e. The minimum absolute atomic E-state index is 0.0579. The van der Waals surface area contributed by atoms with Gasteiger partial charge in [0.25, 0.3) is 0 Å². The van der Waals surface area contributed by atoms with Crippen molar-refractivity contribution in [3.05, 3.63) is 34.9 Å². The molecule has 0 atom stereocenters. The molecule has 1 nitrogen and oxygen atoms in total. The minimum atomic E-state index is -1.74. The molecule has 1 aromatic rings. The first-order valence-electron chi connectivity index (χ1n) is 3.85. The first-order valence-corrected chi connectivity index (χ1v) is 6.12. The summed E-state index contributed by atoms with van der Waals surface area (Å²) in [6, 6.07) is 6.40. The van der Waals surface area contributed by atoms with Crippen molar-refractivity contribution < 1.29 is 0 Å². The van der Waals surface area contributed by atoms with E-state index in [1.165, 1.54) is 12.1 Å². The Morgan fingerprint density at radius 1 is 0.875 bits per heavy atom. The van der Waals surface area contributed by atoms with Gasteiger partial charge < -0.3 is 0 Å². The van der Waals surface area contributed by atoms with Gasteiger partial charge >= 0.3 is 0 Å². The van der Waals surface area contributed by atoms with E-state index in [0.29, 0.717) is 0 Å². The molecule has 0 bridgehead atoms. The fourth-order valence-corrected chi connectivity index (χ4v) is 2.09. The van der Waals surface area contributed by atoms with Crippen molar-refractivity contribution in [2.75, 3.05) is 0 Å². The van der Waals surface area contributed by atoms with Crippen LogP contribution in [0.25, 0.3) is 0 Å². The lowest BCUT2D eigenvalue weighted by Crippen LogP contribution is -2.10. The molecule has 0 unspecified atom stereocenters. The fraction of sp³-hybridized carbons (Fsp3) is 0.222. The number of rotatable bonds is 0. The van der Waals surface area contributed by atoms with Crippen LogP contribution in [0.15, 0.2) is 18.2 Å². The molecule has 0 spiro atoms. The average molecular weight is 338 g/mol. The molecule has 0 aliphatic heterocycles. The van der Waals surface area contributed by atoms with Crippen molar-refractivity contribution in [2.45, 2.75) is 7.59 Å². The summed E-state index contributed by atoms with van der Waals surface area (Å²) < 4.78 is -3.48. The van der Waals surface area contributed by atoms with Gasteiger partial charge in [-0.2, -0.15) is 5.26 Å². The maximum atomic E-state index is 9.02. The zero-order chi connectivity index (χ0) is 12.6. The molecule has 86 valence electrons. The Morgan fingerprint density at radius 2 is 1.25 bits per heavy atom. The van der Waals surface area contributed by atoms with Gasteiger partial charge in [0, 0.05) is 11.1 Å².